The molecule has 2 atom stereocenters. The molecule has 4 N–H and O–H groups in total. The maximum atomic E-state index is 15.7. The summed E-state index contributed by atoms with van der Waals surface area (Å²) in [6, 6.07) is 3.06. The largest absolute Gasteiger partial charge is 0.481 e. The number of aromatic nitrogens is 6. The van der Waals surface area contributed by atoms with E-state index in [1.165, 1.54) is 6.20 Å². The maximum Gasteiger partial charge on any atom is 0.308 e. The lowest BCUT2D eigenvalue weighted by Gasteiger charge is -2.47. The van der Waals surface area contributed by atoms with Gasteiger partial charge in [-0.15, -0.1) is 0 Å². The molecule has 0 amide bonds. The number of anilines is 1. The van der Waals surface area contributed by atoms with E-state index in [9.17, 15) is 9.90 Å². The molecule has 0 saturated heterocycles. The predicted molar refractivity (Wildman–Crippen MR) is 124 cm³/mol. The third kappa shape index (κ3) is 3.40. The smallest absolute Gasteiger partial charge is 0.308 e. The first-order chi connectivity index (χ1) is 16.5. The molecule has 4 heterocycles. The summed E-state index contributed by atoms with van der Waals surface area (Å²) >= 11 is 6.05. The highest BCUT2D eigenvalue weighted by molar-refractivity contribution is 6.29. The van der Waals surface area contributed by atoms with Gasteiger partial charge in [0.25, 0.3) is 0 Å². The molecule has 0 aliphatic heterocycles. The zero-order chi connectivity index (χ0) is 23.4. The SMILES string of the molecule is O=C(O)[C@H]1C2CCC(CC2)[C@@H]1Nc1nc(-c2c[nH]c3ncc(Cl)nc23)nc(-c2ccc[nH]2)c1F. The number of fused-ring (bicyclic) bond motifs is 4. The molecule has 3 aliphatic carbocycles. The molecule has 7 rings (SSSR count). The third-order valence-corrected chi connectivity index (χ3v) is 7.29. The molecule has 0 aromatic carbocycles. The van der Waals surface area contributed by atoms with Crippen LogP contribution in [0, 0.1) is 23.6 Å². The summed E-state index contributed by atoms with van der Waals surface area (Å²) in [5.74, 6) is -1.65. The lowest BCUT2D eigenvalue weighted by Crippen LogP contribution is -2.51. The zero-order valence-corrected chi connectivity index (χ0v) is 18.7. The van der Waals surface area contributed by atoms with Gasteiger partial charge in [-0.25, -0.2) is 24.3 Å². The fraction of sp³-hybridized carbons (Fsp3) is 0.348. The van der Waals surface area contributed by atoms with E-state index in [0.29, 0.717) is 22.4 Å². The van der Waals surface area contributed by atoms with Gasteiger partial charge in [0.2, 0.25) is 0 Å². The van der Waals surface area contributed by atoms with Crippen molar-refractivity contribution in [2.75, 3.05) is 5.32 Å². The molecule has 9 nitrogen and oxygen atoms in total. The van der Waals surface area contributed by atoms with Crippen molar-refractivity contribution in [3.8, 4) is 22.8 Å². The first kappa shape index (κ1) is 21.0. The van der Waals surface area contributed by atoms with E-state index >= 15 is 4.39 Å². The lowest BCUT2D eigenvalue weighted by molar-refractivity contribution is -0.148. The quantitative estimate of drug-likeness (QED) is 0.330. The third-order valence-electron chi connectivity index (χ3n) is 7.10. The Hall–Kier alpha value is -3.53. The van der Waals surface area contributed by atoms with Crippen molar-refractivity contribution in [3.05, 3.63) is 41.7 Å². The zero-order valence-electron chi connectivity index (χ0n) is 17.9. The normalized spacial score (nSPS) is 23.9. The standard InChI is InChI=1S/C23H21ClFN7O2/c24-14-9-28-22-18(29-14)12(8-27-22)20-31-19(13-2-1-7-26-13)16(25)21(32-20)30-17-11-5-3-10(4-6-11)15(17)23(33)34/h1-2,7-11,15,17,26H,3-6H2,(H,27,28)(H,33,34)(H,30,31,32)/t10?,11?,15-,17-/m0/s1. The molecule has 11 heteroatoms. The van der Waals surface area contributed by atoms with Gasteiger partial charge in [-0.2, -0.15) is 0 Å². The second kappa shape index (κ2) is 8.05. The van der Waals surface area contributed by atoms with E-state index in [1.54, 1.807) is 24.5 Å². The van der Waals surface area contributed by atoms with Gasteiger partial charge in [0.1, 0.15) is 16.4 Å². The van der Waals surface area contributed by atoms with Gasteiger partial charge < -0.3 is 20.4 Å². The van der Waals surface area contributed by atoms with Crippen LogP contribution >= 0.6 is 11.6 Å². The van der Waals surface area contributed by atoms with Crippen LogP contribution in [0.5, 0.6) is 0 Å². The number of halogens is 2. The average Bonchev–Trinajstić information content (AvgIpc) is 3.51. The van der Waals surface area contributed by atoms with Crippen molar-refractivity contribution in [1.82, 2.24) is 29.9 Å². The molecule has 174 valence electrons. The Morgan fingerprint density at radius 3 is 2.68 bits per heavy atom. The van der Waals surface area contributed by atoms with Crippen molar-refractivity contribution in [3.63, 3.8) is 0 Å². The summed E-state index contributed by atoms with van der Waals surface area (Å²) in [6.45, 7) is 0. The number of nitrogens with one attached hydrogen (secondary N) is 3. The topological polar surface area (TPSA) is 132 Å². The number of carboxylic acids is 1. The Morgan fingerprint density at radius 1 is 1.15 bits per heavy atom. The minimum Gasteiger partial charge on any atom is -0.481 e. The van der Waals surface area contributed by atoms with Gasteiger partial charge in [0.15, 0.2) is 23.1 Å². The number of aromatic amines is 2. The molecular formula is C23H21ClFN7O2. The predicted octanol–water partition coefficient (Wildman–Crippen LogP) is 4.50. The summed E-state index contributed by atoms with van der Waals surface area (Å²) in [5.41, 5.74) is 2.03. The second-order valence-corrected chi connectivity index (χ2v) is 9.33. The van der Waals surface area contributed by atoms with E-state index in [1.807, 2.05) is 0 Å². The molecule has 0 unspecified atom stereocenters. The molecule has 3 saturated carbocycles. The summed E-state index contributed by atoms with van der Waals surface area (Å²) in [6.07, 6.45) is 8.38. The van der Waals surface area contributed by atoms with E-state index in [4.69, 9.17) is 11.6 Å². The Morgan fingerprint density at radius 2 is 1.94 bits per heavy atom. The van der Waals surface area contributed by atoms with Crippen LogP contribution in [0.2, 0.25) is 5.15 Å². The van der Waals surface area contributed by atoms with Crippen molar-refractivity contribution in [1.29, 1.82) is 0 Å². The van der Waals surface area contributed by atoms with Crippen LogP contribution in [0.25, 0.3) is 33.9 Å². The van der Waals surface area contributed by atoms with Gasteiger partial charge in [-0.3, -0.25) is 4.79 Å². The van der Waals surface area contributed by atoms with Gasteiger partial charge in [0, 0.05) is 18.4 Å². The molecule has 3 fully saturated rings. The van der Waals surface area contributed by atoms with Crippen LogP contribution in [0.3, 0.4) is 0 Å². The van der Waals surface area contributed by atoms with Crippen molar-refractivity contribution >= 4 is 34.6 Å². The van der Waals surface area contributed by atoms with Crippen molar-refractivity contribution in [2.45, 2.75) is 31.7 Å². The highest BCUT2D eigenvalue weighted by atomic mass is 35.5. The molecule has 3 aliphatic rings. The fourth-order valence-corrected chi connectivity index (χ4v) is 5.66. The maximum absolute atomic E-state index is 15.7. The highest BCUT2D eigenvalue weighted by Crippen LogP contribution is 2.46. The Bertz CT molecular complexity index is 1380. The summed E-state index contributed by atoms with van der Waals surface area (Å²) in [7, 11) is 0. The van der Waals surface area contributed by atoms with Crippen molar-refractivity contribution < 1.29 is 14.3 Å². The fourth-order valence-electron chi connectivity index (χ4n) is 5.53. The molecule has 2 bridgehead atoms. The van der Waals surface area contributed by atoms with E-state index in [-0.39, 0.29) is 34.3 Å². The number of carboxylic acid groups (broad SMARTS) is 1. The average molecular weight is 482 g/mol. The monoisotopic (exact) mass is 481 g/mol. The molecular weight excluding hydrogens is 461 g/mol. The molecule has 34 heavy (non-hydrogen) atoms. The van der Waals surface area contributed by atoms with Crippen LogP contribution in [0.1, 0.15) is 25.7 Å². The second-order valence-electron chi connectivity index (χ2n) is 8.94. The number of hydrogen-bond donors (Lipinski definition) is 4. The molecule has 4 aromatic rings. The van der Waals surface area contributed by atoms with Gasteiger partial charge >= 0.3 is 5.97 Å². The summed E-state index contributed by atoms with van der Waals surface area (Å²) < 4.78 is 15.7. The number of aliphatic carboxylic acids is 1. The van der Waals surface area contributed by atoms with Crippen LogP contribution < -0.4 is 5.32 Å². The van der Waals surface area contributed by atoms with Gasteiger partial charge in [-0.1, -0.05) is 11.6 Å². The summed E-state index contributed by atoms with van der Waals surface area (Å²) in [5, 5.41) is 13.3. The Kier molecular flexibility index (Phi) is 4.98. The number of hydrogen-bond acceptors (Lipinski definition) is 6. The molecule has 0 radical (unpaired) electrons. The van der Waals surface area contributed by atoms with E-state index in [2.05, 4.69) is 35.2 Å². The van der Waals surface area contributed by atoms with Crippen LogP contribution in [0.4, 0.5) is 10.2 Å². The Balaban J connectivity index is 1.49. The van der Waals surface area contributed by atoms with Crippen LogP contribution in [-0.2, 0) is 4.79 Å². The van der Waals surface area contributed by atoms with Crippen molar-refractivity contribution in [2.24, 2.45) is 17.8 Å². The minimum atomic E-state index is -0.854. The van der Waals surface area contributed by atoms with Gasteiger partial charge in [0.05, 0.1) is 23.4 Å². The molecule has 4 aromatic heterocycles. The number of carbonyl (C=O) groups is 1. The number of H-pyrrole nitrogens is 2. The van der Waals surface area contributed by atoms with Crippen LogP contribution in [0.15, 0.2) is 30.7 Å². The Labute approximate surface area is 198 Å². The number of nitrogens with zero attached hydrogens (tertiary/aromatic N) is 4. The summed E-state index contributed by atoms with van der Waals surface area (Å²) in [4.78, 5) is 35.7. The lowest BCUT2D eigenvalue weighted by atomic mass is 9.61. The first-order valence-electron chi connectivity index (χ1n) is 11.2. The number of rotatable bonds is 5. The van der Waals surface area contributed by atoms with E-state index < -0.39 is 23.7 Å². The first-order valence-corrected chi connectivity index (χ1v) is 11.6. The van der Waals surface area contributed by atoms with Gasteiger partial charge in [-0.05, 0) is 49.7 Å². The minimum absolute atomic E-state index is 0.0252. The van der Waals surface area contributed by atoms with Crippen LogP contribution in [-0.4, -0.2) is 47.0 Å². The molecule has 0 spiro atoms. The van der Waals surface area contributed by atoms with E-state index in [0.717, 1.165) is 25.7 Å². The highest BCUT2D eigenvalue weighted by Gasteiger charge is 2.47.